The van der Waals surface area contributed by atoms with E-state index in [2.05, 4.69) is 16.5 Å². The molecular weight excluding hydrogens is 343 g/mol. The number of ether oxygens (including phenoxy) is 1. The zero-order valence-corrected chi connectivity index (χ0v) is 14.9. The number of halogens is 2. The number of pyridine rings is 2. The van der Waals surface area contributed by atoms with Crippen LogP contribution in [-0.4, -0.2) is 9.97 Å². The first kappa shape index (κ1) is 16.7. The Labute approximate surface area is 150 Å². The van der Waals surface area contributed by atoms with Gasteiger partial charge in [0, 0.05) is 29.0 Å². The minimum Gasteiger partial charge on any atom is -0.487 e. The second-order valence-corrected chi connectivity index (χ2v) is 6.43. The van der Waals surface area contributed by atoms with Crippen LogP contribution in [0.15, 0.2) is 43.2 Å². The van der Waals surface area contributed by atoms with Gasteiger partial charge in [-0.3, -0.25) is 4.98 Å². The van der Waals surface area contributed by atoms with Gasteiger partial charge < -0.3 is 4.74 Å². The summed E-state index contributed by atoms with van der Waals surface area (Å²) < 4.78 is 5.97. The molecule has 0 atom stereocenters. The summed E-state index contributed by atoms with van der Waals surface area (Å²) in [6.45, 7) is 8.24. The average Bonchev–Trinajstić information content (AvgIpc) is 2.53. The molecule has 0 spiro atoms. The van der Waals surface area contributed by atoms with Gasteiger partial charge in [0.25, 0.3) is 0 Å². The van der Waals surface area contributed by atoms with Gasteiger partial charge in [-0.25, -0.2) is 4.98 Å². The summed E-state index contributed by atoms with van der Waals surface area (Å²) in [5.74, 6) is 0.683. The van der Waals surface area contributed by atoms with Gasteiger partial charge in [-0.05, 0) is 31.5 Å². The van der Waals surface area contributed by atoms with Crippen molar-refractivity contribution in [2.45, 2.75) is 20.5 Å². The number of fused-ring (bicyclic) bond motifs is 1. The van der Waals surface area contributed by atoms with E-state index in [-0.39, 0.29) is 6.61 Å². The Morgan fingerprint density at radius 2 is 1.92 bits per heavy atom. The largest absolute Gasteiger partial charge is 0.487 e. The summed E-state index contributed by atoms with van der Waals surface area (Å²) >= 11 is 12.3. The number of rotatable bonds is 4. The first-order valence-corrected chi connectivity index (χ1v) is 8.20. The molecule has 0 bridgehead atoms. The third kappa shape index (κ3) is 3.23. The zero-order chi connectivity index (χ0) is 17.3. The molecule has 0 amide bonds. The molecule has 1 aromatic carbocycles. The highest BCUT2D eigenvalue weighted by molar-refractivity contribution is 6.35. The number of aromatic nitrogens is 2. The van der Waals surface area contributed by atoms with E-state index in [4.69, 9.17) is 27.9 Å². The normalized spacial score (nSPS) is 10.8. The van der Waals surface area contributed by atoms with Crippen LogP contribution in [0, 0.1) is 6.92 Å². The van der Waals surface area contributed by atoms with Crippen LogP contribution in [0.2, 0.25) is 10.0 Å². The Kier molecular flexibility index (Phi) is 4.74. The van der Waals surface area contributed by atoms with E-state index in [9.17, 15) is 0 Å². The van der Waals surface area contributed by atoms with Crippen molar-refractivity contribution >= 4 is 39.7 Å². The zero-order valence-electron chi connectivity index (χ0n) is 13.4. The number of benzene rings is 1. The molecule has 0 fully saturated rings. The van der Waals surface area contributed by atoms with Crippen LogP contribution < -0.4 is 4.74 Å². The van der Waals surface area contributed by atoms with Crippen LogP contribution in [0.25, 0.3) is 16.5 Å². The summed E-state index contributed by atoms with van der Waals surface area (Å²) in [5, 5.41) is 1.97. The SMILES string of the molecule is C=C(C)c1cc(C)nc2c(OCc3c(Cl)cncc3Cl)cccc12. The molecular formula is C19H16Cl2N2O. The van der Waals surface area contributed by atoms with E-state index in [0.29, 0.717) is 21.4 Å². The van der Waals surface area contributed by atoms with E-state index in [1.807, 2.05) is 38.1 Å². The summed E-state index contributed by atoms with van der Waals surface area (Å²) in [7, 11) is 0. The molecule has 3 rings (SSSR count). The maximum atomic E-state index is 6.15. The quantitative estimate of drug-likeness (QED) is 0.585. The monoisotopic (exact) mass is 358 g/mol. The van der Waals surface area contributed by atoms with Gasteiger partial charge in [-0.15, -0.1) is 0 Å². The summed E-state index contributed by atoms with van der Waals surface area (Å²) in [6, 6.07) is 7.88. The van der Waals surface area contributed by atoms with Crippen molar-refractivity contribution in [3.8, 4) is 5.75 Å². The minimum atomic E-state index is 0.247. The summed E-state index contributed by atoms with van der Waals surface area (Å²) in [5.41, 5.74) is 4.48. The maximum absolute atomic E-state index is 6.15. The fourth-order valence-electron chi connectivity index (χ4n) is 2.55. The van der Waals surface area contributed by atoms with Gasteiger partial charge in [-0.1, -0.05) is 47.5 Å². The van der Waals surface area contributed by atoms with Crippen molar-refractivity contribution in [3.05, 3.63) is 70.1 Å². The second kappa shape index (κ2) is 6.80. The van der Waals surface area contributed by atoms with Gasteiger partial charge >= 0.3 is 0 Å². The van der Waals surface area contributed by atoms with Crippen molar-refractivity contribution in [2.75, 3.05) is 0 Å². The van der Waals surface area contributed by atoms with Crippen LogP contribution in [0.3, 0.4) is 0 Å². The minimum absolute atomic E-state index is 0.247. The molecule has 3 nitrogen and oxygen atoms in total. The molecule has 24 heavy (non-hydrogen) atoms. The molecule has 0 unspecified atom stereocenters. The molecule has 2 aromatic heterocycles. The van der Waals surface area contributed by atoms with Gasteiger partial charge in [0.2, 0.25) is 0 Å². The Morgan fingerprint density at radius 3 is 2.58 bits per heavy atom. The van der Waals surface area contributed by atoms with Crippen LogP contribution in [0.4, 0.5) is 0 Å². The van der Waals surface area contributed by atoms with Crippen molar-refractivity contribution in [1.82, 2.24) is 9.97 Å². The molecule has 0 N–H and O–H groups in total. The highest BCUT2D eigenvalue weighted by Crippen LogP contribution is 2.31. The van der Waals surface area contributed by atoms with Crippen molar-refractivity contribution in [3.63, 3.8) is 0 Å². The Bertz CT molecular complexity index is 918. The molecule has 0 radical (unpaired) electrons. The van der Waals surface area contributed by atoms with Gasteiger partial charge in [0.1, 0.15) is 17.9 Å². The molecule has 2 heterocycles. The van der Waals surface area contributed by atoms with Crippen LogP contribution in [-0.2, 0) is 6.61 Å². The first-order valence-electron chi connectivity index (χ1n) is 7.44. The molecule has 3 aromatic rings. The number of hydrogen-bond acceptors (Lipinski definition) is 3. The number of hydrogen-bond donors (Lipinski definition) is 0. The van der Waals surface area contributed by atoms with E-state index < -0.39 is 0 Å². The molecule has 0 aliphatic rings. The van der Waals surface area contributed by atoms with Crippen LogP contribution >= 0.6 is 23.2 Å². The van der Waals surface area contributed by atoms with Crippen LogP contribution in [0.5, 0.6) is 5.75 Å². The topological polar surface area (TPSA) is 35.0 Å². The second-order valence-electron chi connectivity index (χ2n) is 5.61. The molecule has 122 valence electrons. The van der Waals surface area contributed by atoms with E-state index in [0.717, 1.165) is 27.7 Å². The molecule has 0 aliphatic heterocycles. The lowest BCUT2D eigenvalue weighted by Crippen LogP contribution is -2.00. The van der Waals surface area contributed by atoms with Crippen molar-refractivity contribution < 1.29 is 4.74 Å². The summed E-state index contributed by atoms with van der Waals surface area (Å²) in [6.07, 6.45) is 3.10. The smallest absolute Gasteiger partial charge is 0.146 e. The predicted octanol–water partition coefficient (Wildman–Crippen LogP) is 5.86. The van der Waals surface area contributed by atoms with E-state index in [1.165, 1.54) is 0 Å². The number of aryl methyl sites for hydroxylation is 1. The average molecular weight is 359 g/mol. The fourth-order valence-corrected chi connectivity index (χ4v) is 3.02. The number of nitrogens with zero attached hydrogens (tertiary/aromatic N) is 2. The van der Waals surface area contributed by atoms with Gasteiger partial charge in [0.15, 0.2) is 0 Å². The van der Waals surface area contributed by atoms with Crippen molar-refractivity contribution in [1.29, 1.82) is 0 Å². The highest BCUT2D eigenvalue weighted by Gasteiger charge is 2.12. The molecule has 5 heteroatoms. The van der Waals surface area contributed by atoms with Crippen molar-refractivity contribution in [2.24, 2.45) is 0 Å². The highest BCUT2D eigenvalue weighted by atomic mass is 35.5. The lowest BCUT2D eigenvalue weighted by Gasteiger charge is -2.13. The molecule has 0 saturated carbocycles. The van der Waals surface area contributed by atoms with E-state index >= 15 is 0 Å². The predicted molar refractivity (Wildman–Crippen MR) is 99.8 cm³/mol. The standard InChI is InChI=1S/C19H16Cl2N2O/c1-11(2)14-7-12(3)23-19-13(14)5-4-6-18(19)24-10-15-16(20)8-22-9-17(15)21/h4-9H,1,10H2,2-3H3. The third-order valence-corrected chi connectivity index (χ3v) is 4.37. The lowest BCUT2D eigenvalue weighted by atomic mass is 10.0. The Hall–Kier alpha value is -2.10. The Balaban J connectivity index is 2.03. The van der Waals surface area contributed by atoms with E-state index in [1.54, 1.807) is 12.4 Å². The third-order valence-electron chi connectivity index (χ3n) is 3.71. The number of allylic oxidation sites excluding steroid dienone is 1. The maximum Gasteiger partial charge on any atom is 0.146 e. The van der Waals surface area contributed by atoms with Gasteiger partial charge in [0.05, 0.1) is 10.0 Å². The first-order chi connectivity index (χ1) is 11.5. The summed E-state index contributed by atoms with van der Waals surface area (Å²) in [4.78, 5) is 8.58. The molecule has 0 aliphatic carbocycles. The van der Waals surface area contributed by atoms with Gasteiger partial charge in [-0.2, -0.15) is 0 Å². The molecule has 0 saturated heterocycles. The Morgan fingerprint density at radius 1 is 1.21 bits per heavy atom. The fraction of sp³-hybridized carbons (Fsp3) is 0.158. The lowest BCUT2D eigenvalue weighted by molar-refractivity contribution is 0.309. The van der Waals surface area contributed by atoms with Crippen LogP contribution in [0.1, 0.15) is 23.7 Å². The number of para-hydroxylation sites is 1.